The van der Waals surface area contributed by atoms with Crippen LogP contribution in [-0.2, 0) is 19.1 Å². The topological polar surface area (TPSA) is 95.9 Å². The highest BCUT2D eigenvalue weighted by atomic mass is 35.5. The lowest BCUT2D eigenvalue weighted by Crippen LogP contribution is -2.48. The van der Waals surface area contributed by atoms with E-state index < -0.39 is 11.8 Å². The molecule has 2 aliphatic rings. The first kappa shape index (κ1) is 24.1. The minimum Gasteiger partial charge on any atom is -0.362 e. The second-order valence-electron chi connectivity index (χ2n) is 8.65. The largest absolute Gasteiger partial charge is 0.362 e. The summed E-state index contributed by atoms with van der Waals surface area (Å²) in [5.74, 6) is -0.370. The third-order valence-electron chi connectivity index (χ3n) is 6.08. The van der Waals surface area contributed by atoms with Crippen molar-refractivity contribution in [2.75, 3.05) is 45.3 Å². The molecule has 0 radical (unpaired) electrons. The number of carbonyl (C=O) groups excluding carboxylic acids is 3. The summed E-state index contributed by atoms with van der Waals surface area (Å²) >= 11 is 6.25. The molecule has 180 valence electrons. The van der Waals surface area contributed by atoms with E-state index in [1.165, 1.54) is 0 Å². The number of carbonyl (C=O) groups is 3. The standard InChI is InChI=1S/C24H28ClN5O4/c1-28(2)24-26-13-18(16-6-5-7-17(25)12-16)23(27-24)19-8-3-4-10-29(19)20(31)9-11-30-21(32)14-34-15-22(30)33/h5-7,12-13,19H,3-4,8-11,14-15H2,1-2H3/t19-/m0/s1. The van der Waals surface area contributed by atoms with E-state index in [1.807, 2.05) is 48.2 Å². The molecule has 1 atom stereocenters. The Bertz CT molecular complexity index is 1080. The Morgan fingerprint density at radius 2 is 1.97 bits per heavy atom. The minimum atomic E-state index is -0.408. The third kappa shape index (κ3) is 5.20. The van der Waals surface area contributed by atoms with Crippen LogP contribution in [0.2, 0.25) is 5.02 Å². The van der Waals surface area contributed by atoms with E-state index in [-0.39, 0.29) is 38.1 Å². The molecule has 3 amide bonds. The molecule has 0 saturated carbocycles. The van der Waals surface area contributed by atoms with Gasteiger partial charge in [0.05, 0.1) is 11.7 Å². The maximum atomic E-state index is 13.3. The van der Waals surface area contributed by atoms with E-state index >= 15 is 0 Å². The van der Waals surface area contributed by atoms with E-state index in [0.29, 0.717) is 17.5 Å². The van der Waals surface area contributed by atoms with Gasteiger partial charge in [0.15, 0.2) is 0 Å². The minimum absolute atomic E-state index is 0.0525. The Morgan fingerprint density at radius 3 is 2.68 bits per heavy atom. The molecule has 2 saturated heterocycles. The molecule has 1 aromatic heterocycles. The summed E-state index contributed by atoms with van der Waals surface area (Å²) in [7, 11) is 3.75. The molecule has 0 spiro atoms. The van der Waals surface area contributed by atoms with Crippen molar-refractivity contribution in [1.82, 2.24) is 19.8 Å². The summed E-state index contributed by atoms with van der Waals surface area (Å²) < 4.78 is 4.95. The highest BCUT2D eigenvalue weighted by molar-refractivity contribution is 6.30. The molecule has 1 aromatic carbocycles. The molecular weight excluding hydrogens is 458 g/mol. The lowest BCUT2D eigenvalue weighted by Gasteiger charge is -2.37. The maximum Gasteiger partial charge on any atom is 0.255 e. The van der Waals surface area contributed by atoms with Crippen LogP contribution in [0.1, 0.15) is 37.4 Å². The van der Waals surface area contributed by atoms with Crippen LogP contribution in [0.3, 0.4) is 0 Å². The Balaban J connectivity index is 1.63. The zero-order chi connectivity index (χ0) is 24.2. The lowest BCUT2D eigenvalue weighted by atomic mass is 9.93. The fourth-order valence-electron chi connectivity index (χ4n) is 4.37. The van der Waals surface area contributed by atoms with Crippen molar-refractivity contribution < 1.29 is 19.1 Å². The summed E-state index contributed by atoms with van der Waals surface area (Å²) in [6.45, 7) is 0.370. The van der Waals surface area contributed by atoms with E-state index in [2.05, 4.69) is 4.98 Å². The van der Waals surface area contributed by atoms with Crippen molar-refractivity contribution in [3.05, 3.63) is 41.2 Å². The predicted molar refractivity (Wildman–Crippen MR) is 127 cm³/mol. The van der Waals surface area contributed by atoms with Crippen molar-refractivity contribution in [1.29, 1.82) is 0 Å². The van der Waals surface area contributed by atoms with Crippen molar-refractivity contribution in [3.8, 4) is 11.1 Å². The molecule has 0 N–H and O–H groups in total. The van der Waals surface area contributed by atoms with E-state index in [4.69, 9.17) is 21.3 Å². The molecule has 3 heterocycles. The predicted octanol–water partition coefficient (Wildman–Crippen LogP) is 2.69. The average Bonchev–Trinajstić information content (AvgIpc) is 2.83. The Morgan fingerprint density at radius 1 is 1.21 bits per heavy atom. The van der Waals surface area contributed by atoms with Crippen LogP contribution in [0.5, 0.6) is 0 Å². The Hall–Kier alpha value is -3.04. The quantitative estimate of drug-likeness (QED) is 0.580. The fourth-order valence-corrected chi connectivity index (χ4v) is 4.56. The maximum absolute atomic E-state index is 13.3. The van der Waals surface area contributed by atoms with Gasteiger partial charge in [0.2, 0.25) is 11.9 Å². The van der Waals surface area contributed by atoms with Crippen molar-refractivity contribution in [2.45, 2.75) is 31.7 Å². The number of benzene rings is 1. The number of anilines is 1. The number of morpholine rings is 1. The summed E-state index contributed by atoms with van der Waals surface area (Å²) in [6, 6.07) is 7.26. The number of rotatable bonds is 6. The SMILES string of the molecule is CN(C)c1ncc(-c2cccc(Cl)c2)c([C@@H]2CCCCN2C(=O)CCN2C(=O)COCC2=O)n1. The lowest BCUT2D eigenvalue weighted by molar-refractivity contribution is -0.158. The van der Waals surface area contributed by atoms with Gasteiger partial charge in [-0.3, -0.25) is 19.3 Å². The normalized spacial score (nSPS) is 18.9. The number of hydrogen-bond acceptors (Lipinski definition) is 7. The van der Waals surface area contributed by atoms with Gasteiger partial charge in [-0.15, -0.1) is 0 Å². The fraction of sp³-hybridized carbons (Fsp3) is 0.458. The van der Waals surface area contributed by atoms with Gasteiger partial charge in [0.1, 0.15) is 13.2 Å². The molecule has 4 rings (SSSR count). The zero-order valence-corrected chi connectivity index (χ0v) is 20.1. The van der Waals surface area contributed by atoms with Gasteiger partial charge in [-0.2, -0.15) is 0 Å². The van der Waals surface area contributed by atoms with Gasteiger partial charge in [-0.05, 0) is 37.0 Å². The summed E-state index contributed by atoms with van der Waals surface area (Å²) in [4.78, 5) is 51.5. The van der Waals surface area contributed by atoms with Gasteiger partial charge >= 0.3 is 0 Å². The highest BCUT2D eigenvalue weighted by Gasteiger charge is 2.33. The van der Waals surface area contributed by atoms with Gasteiger partial charge in [-0.25, -0.2) is 9.97 Å². The molecule has 0 bridgehead atoms. The molecule has 2 fully saturated rings. The van der Waals surface area contributed by atoms with Crippen LogP contribution in [-0.4, -0.2) is 77.9 Å². The van der Waals surface area contributed by atoms with Crippen molar-refractivity contribution in [3.63, 3.8) is 0 Å². The molecule has 2 aliphatic heterocycles. The van der Waals surface area contributed by atoms with Crippen LogP contribution >= 0.6 is 11.6 Å². The molecule has 0 unspecified atom stereocenters. The second kappa shape index (κ2) is 10.5. The first-order valence-corrected chi connectivity index (χ1v) is 11.7. The van der Waals surface area contributed by atoms with Gasteiger partial charge in [0, 0.05) is 50.4 Å². The van der Waals surface area contributed by atoms with Gasteiger partial charge in [-0.1, -0.05) is 23.7 Å². The molecule has 0 aliphatic carbocycles. The highest BCUT2D eigenvalue weighted by Crippen LogP contribution is 2.37. The first-order valence-electron chi connectivity index (χ1n) is 11.4. The number of amides is 3. The average molecular weight is 486 g/mol. The number of aromatic nitrogens is 2. The van der Waals surface area contributed by atoms with Crippen LogP contribution in [0, 0.1) is 0 Å². The molecule has 2 aromatic rings. The molecule has 9 nitrogen and oxygen atoms in total. The summed E-state index contributed by atoms with van der Waals surface area (Å²) in [5, 5.41) is 0.608. The van der Waals surface area contributed by atoms with Crippen LogP contribution < -0.4 is 4.90 Å². The molecule has 34 heavy (non-hydrogen) atoms. The molecular formula is C24H28ClN5O4. The van der Waals surface area contributed by atoms with E-state index in [9.17, 15) is 14.4 Å². The van der Waals surface area contributed by atoms with Crippen LogP contribution in [0.15, 0.2) is 30.5 Å². The number of halogens is 1. The smallest absolute Gasteiger partial charge is 0.255 e. The van der Waals surface area contributed by atoms with Crippen LogP contribution in [0.4, 0.5) is 5.95 Å². The van der Waals surface area contributed by atoms with Crippen LogP contribution in [0.25, 0.3) is 11.1 Å². The zero-order valence-electron chi connectivity index (χ0n) is 19.4. The Labute approximate surface area is 203 Å². The number of ether oxygens (including phenoxy) is 1. The number of likely N-dealkylation sites (tertiary alicyclic amines) is 1. The summed E-state index contributed by atoms with van der Waals surface area (Å²) in [6.07, 6.45) is 4.46. The summed E-state index contributed by atoms with van der Waals surface area (Å²) in [5.41, 5.74) is 2.49. The van der Waals surface area contributed by atoms with Crippen molar-refractivity contribution in [2.24, 2.45) is 0 Å². The first-order chi connectivity index (χ1) is 16.3. The van der Waals surface area contributed by atoms with Gasteiger partial charge < -0.3 is 14.5 Å². The number of imide groups is 1. The van der Waals surface area contributed by atoms with E-state index in [1.54, 1.807) is 6.20 Å². The number of hydrogen-bond donors (Lipinski definition) is 0. The number of nitrogens with zero attached hydrogens (tertiary/aromatic N) is 5. The number of piperidine rings is 1. The van der Waals surface area contributed by atoms with Crippen molar-refractivity contribution >= 4 is 35.3 Å². The second-order valence-corrected chi connectivity index (χ2v) is 9.09. The monoisotopic (exact) mass is 485 g/mol. The third-order valence-corrected chi connectivity index (χ3v) is 6.32. The Kier molecular flexibility index (Phi) is 7.43. The van der Waals surface area contributed by atoms with E-state index in [0.717, 1.165) is 41.0 Å². The molecule has 10 heteroatoms. The van der Waals surface area contributed by atoms with Gasteiger partial charge in [0.25, 0.3) is 11.8 Å².